The lowest BCUT2D eigenvalue weighted by atomic mass is 9.84. The lowest BCUT2D eigenvalue weighted by Crippen LogP contribution is -2.53. The zero-order valence-corrected chi connectivity index (χ0v) is 10.4. The molecule has 0 spiro atoms. The summed E-state index contributed by atoms with van der Waals surface area (Å²) < 4.78 is 13.8. The Hall–Kier alpha value is -0.800. The number of nitrogens with zero attached hydrogens (tertiary/aromatic N) is 1. The van der Waals surface area contributed by atoms with E-state index in [0.29, 0.717) is 17.6 Å². The quantitative estimate of drug-likeness (QED) is 0.873. The average molecular weight is 255 g/mol. The molecule has 0 saturated carbocycles. The zero-order chi connectivity index (χ0) is 11.8. The summed E-state index contributed by atoms with van der Waals surface area (Å²) in [7, 11) is 0. The van der Waals surface area contributed by atoms with E-state index in [4.69, 9.17) is 11.6 Å². The number of hydrogen-bond donors (Lipinski definition) is 1. The largest absolute Gasteiger partial charge is 0.378 e. The molecule has 1 aromatic rings. The minimum absolute atomic E-state index is 0.191. The lowest BCUT2D eigenvalue weighted by molar-refractivity contribution is 0.0974. The van der Waals surface area contributed by atoms with Gasteiger partial charge in [-0.25, -0.2) is 4.39 Å². The van der Waals surface area contributed by atoms with Gasteiger partial charge in [0.15, 0.2) is 5.82 Å². The molecule has 1 unspecified atom stereocenters. The summed E-state index contributed by atoms with van der Waals surface area (Å²) in [5.74, 6) is 0.351. The molecular weight excluding hydrogens is 239 g/mol. The molecule has 1 N–H and O–H groups in total. The Morgan fingerprint density at radius 1 is 1.29 bits per heavy atom. The first kappa shape index (κ1) is 11.3. The minimum Gasteiger partial charge on any atom is -0.378 e. The SMILES string of the molecule is Fc1c(Cl)cccc1NC1CN2CCC1CC2. The maximum atomic E-state index is 13.8. The van der Waals surface area contributed by atoms with Gasteiger partial charge in [-0.1, -0.05) is 17.7 Å². The molecule has 1 aromatic carbocycles. The molecule has 2 bridgehead atoms. The molecule has 1 atom stereocenters. The zero-order valence-electron chi connectivity index (χ0n) is 9.63. The van der Waals surface area contributed by atoms with Crippen LogP contribution in [0.1, 0.15) is 12.8 Å². The van der Waals surface area contributed by atoms with Gasteiger partial charge in [-0.3, -0.25) is 0 Å². The van der Waals surface area contributed by atoms with Crippen molar-refractivity contribution in [1.29, 1.82) is 0 Å². The predicted molar refractivity (Wildman–Crippen MR) is 68.0 cm³/mol. The highest BCUT2D eigenvalue weighted by molar-refractivity contribution is 6.31. The van der Waals surface area contributed by atoms with E-state index in [1.165, 1.54) is 25.9 Å². The van der Waals surface area contributed by atoms with Crippen LogP contribution in [0.3, 0.4) is 0 Å². The third-order valence-corrected chi connectivity index (χ3v) is 4.24. The minimum atomic E-state index is -0.328. The van der Waals surface area contributed by atoms with Gasteiger partial charge >= 0.3 is 0 Å². The molecule has 3 saturated heterocycles. The Bertz CT molecular complexity index is 416. The van der Waals surface area contributed by atoms with E-state index in [-0.39, 0.29) is 10.8 Å². The maximum Gasteiger partial charge on any atom is 0.164 e. The van der Waals surface area contributed by atoms with Crippen molar-refractivity contribution in [3.63, 3.8) is 0 Å². The summed E-state index contributed by atoms with van der Waals surface area (Å²) in [5.41, 5.74) is 0.538. The van der Waals surface area contributed by atoms with Gasteiger partial charge in [0.1, 0.15) is 0 Å². The van der Waals surface area contributed by atoms with Gasteiger partial charge in [-0.2, -0.15) is 0 Å². The number of rotatable bonds is 2. The first-order valence-electron chi connectivity index (χ1n) is 6.17. The predicted octanol–water partition coefficient (Wildman–Crippen LogP) is 2.99. The Morgan fingerprint density at radius 2 is 2.06 bits per heavy atom. The molecule has 2 nitrogen and oxygen atoms in total. The monoisotopic (exact) mass is 254 g/mol. The Kier molecular flexibility index (Phi) is 2.97. The van der Waals surface area contributed by atoms with Crippen LogP contribution in [-0.4, -0.2) is 30.6 Å². The van der Waals surface area contributed by atoms with E-state index >= 15 is 0 Å². The normalized spacial score (nSPS) is 31.5. The van der Waals surface area contributed by atoms with Crippen LogP contribution in [0.4, 0.5) is 10.1 Å². The molecule has 3 fully saturated rings. The van der Waals surface area contributed by atoms with E-state index < -0.39 is 0 Å². The highest BCUT2D eigenvalue weighted by atomic mass is 35.5. The van der Waals surface area contributed by atoms with Gasteiger partial charge in [0, 0.05) is 12.6 Å². The summed E-state index contributed by atoms with van der Waals surface area (Å²) in [6.45, 7) is 3.42. The van der Waals surface area contributed by atoms with Crippen molar-refractivity contribution >= 4 is 17.3 Å². The molecule has 17 heavy (non-hydrogen) atoms. The fraction of sp³-hybridized carbons (Fsp3) is 0.538. The maximum absolute atomic E-state index is 13.8. The Labute approximate surface area is 106 Å². The van der Waals surface area contributed by atoms with Crippen LogP contribution in [0, 0.1) is 11.7 Å². The average Bonchev–Trinajstić information content (AvgIpc) is 2.36. The Balaban J connectivity index is 1.76. The first-order valence-corrected chi connectivity index (χ1v) is 6.55. The molecule has 4 rings (SSSR count). The van der Waals surface area contributed by atoms with Gasteiger partial charge in [-0.05, 0) is 44.0 Å². The number of anilines is 1. The number of piperidine rings is 3. The summed E-state index contributed by atoms with van der Waals surface area (Å²) in [6, 6.07) is 5.50. The third kappa shape index (κ3) is 2.14. The van der Waals surface area contributed by atoms with Crippen LogP contribution in [0.15, 0.2) is 18.2 Å². The van der Waals surface area contributed by atoms with Gasteiger partial charge < -0.3 is 10.2 Å². The molecule has 0 aliphatic carbocycles. The van der Waals surface area contributed by atoms with Gasteiger partial charge in [-0.15, -0.1) is 0 Å². The van der Waals surface area contributed by atoms with Gasteiger partial charge in [0.2, 0.25) is 0 Å². The third-order valence-electron chi connectivity index (χ3n) is 3.95. The van der Waals surface area contributed by atoms with E-state index in [1.807, 2.05) is 0 Å². The van der Waals surface area contributed by atoms with Crippen LogP contribution in [-0.2, 0) is 0 Å². The summed E-state index contributed by atoms with van der Waals surface area (Å²) >= 11 is 5.79. The van der Waals surface area contributed by atoms with E-state index in [0.717, 1.165) is 6.54 Å². The van der Waals surface area contributed by atoms with Crippen LogP contribution in [0.25, 0.3) is 0 Å². The topological polar surface area (TPSA) is 15.3 Å². The molecule has 3 heterocycles. The smallest absolute Gasteiger partial charge is 0.164 e. The van der Waals surface area contributed by atoms with Gasteiger partial charge in [0.25, 0.3) is 0 Å². The second-order valence-corrected chi connectivity index (χ2v) is 5.40. The van der Waals surface area contributed by atoms with Crippen LogP contribution in [0.2, 0.25) is 5.02 Å². The van der Waals surface area contributed by atoms with Crippen LogP contribution in [0.5, 0.6) is 0 Å². The molecule has 3 aliphatic heterocycles. The molecule has 0 amide bonds. The summed E-state index contributed by atoms with van der Waals surface area (Å²) in [4.78, 5) is 2.44. The van der Waals surface area contributed by atoms with Crippen molar-refractivity contribution in [3.05, 3.63) is 29.0 Å². The number of fused-ring (bicyclic) bond motifs is 3. The second-order valence-electron chi connectivity index (χ2n) is 4.99. The molecule has 3 aliphatic rings. The van der Waals surface area contributed by atoms with Crippen molar-refractivity contribution in [3.8, 4) is 0 Å². The summed E-state index contributed by atoms with van der Waals surface area (Å²) in [6.07, 6.45) is 2.44. The van der Waals surface area contributed by atoms with Crippen LogP contribution >= 0.6 is 11.6 Å². The first-order chi connectivity index (χ1) is 8.24. The fourth-order valence-corrected chi connectivity index (χ4v) is 3.12. The molecular formula is C13H16ClFN2. The highest BCUT2D eigenvalue weighted by Gasteiger charge is 2.34. The molecule has 0 radical (unpaired) electrons. The van der Waals surface area contributed by atoms with E-state index in [2.05, 4.69) is 10.2 Å². The van der Waals surface area contributed by atoms with E-state index in [1.54, 1.807) is 18.2 Å². The molecule has 4 heteroatoms. The summed E-state index contributed by atoms with van der Waals surface area (Å²) in [5, 5.41) is 3.51. The number of nitrogens with one attached hydrogen (secondary N) is 1. The van der Waals surface area contributed by atoms with Gasteiger partial charge in [0.05, 0.1) is 10.7 Å². The molecule has 0 aromatic heterocycles. The highest BCUT2D eigenvalue weighted by Crippen LogP contribution is 2.31. The van der Waals surface area contributed by atoms with Crippen molar-refractivity contribution in [2.24, 2.45) is 5.92 Å². The van der Waals surface area contributed by atoms with Crippen molar-refractivity contribution in [1.82, 2.24) is 4.90 Å². The Morgan fingerprint density at radius 3 is 2.71 bits per heavy atom. The molecule has 92 valence electrons. The van der Waals surface area contributed by atoms with Crippen molar-refractivity contribution < 1.29 is 4.39 Å². The second kappa shape index (κ2) is 4.46. The standard InChI is InChI=1S/C13H16ClFN2/c14-10-2-1-3-11(13(10)15)16-12-8-17-6-4-9(12)5-7-17/h1-3,9,12,16H,4-8H2. The number of hydrogen-bond acceptors (Lipinski definition) is 2. The fourth-order valence-electron chi connectivity index (χ4n) is 2.94. The van der Waals surface area contributed by atoms with Crippen LogP contribution < -0.4 is 5.32 Å². The number of benzene rings is 1. The van der Waals surface area contributed by atoms with E-state index in [9.17, 15) is 4.39 Å². The number of halogens is 2. The lowest BCUT2D eigenvalue weighted by Gasteiger charge is -2.45. The van der Waals surface area contributed by atoms with Crippen molar-refractivity contribution in [2.75, 3.05) is 25.0 Å². The van der Waals surface area contributed by atoms with Crippen molar-refractivity contribution in [2.45, 2.75) is 18.9 Å².